The molecule has 0 fully saturated rings. The van der Waals surface area contributed by atoms with Crippen molar-refractivity contribution >= 4 is 5.91 Å². The zero-order valence-corrected chi connectivity index (χ0v) is 13.5. The molecule has 0 aromatic rings. The Hall–Kier alpha value is -1.61. The van der Waals surface area contributed by atoms with Crippen LogP contribution in [-0.4, -0.2) is 17.2 Å². The van der Waals surface area contributed by atoms with Crippen LogP contribution in [0.1, 0.15) is 46.5 Å². The van der Waals surface area contributed by atoms with Gasteiger partial charge < -0.3 is 10.4 Å². The third-order valence-corrected chi connectivity index (χ3v) is 2.76. The van der Waals surface area contributed by atoms with Crippen molar-refractivity contribution in [2.45, 2.75) is 52.7 Å². The first kappa shape index (κ1) is 19.4. The first-order valence-electron chi connectivity index (χ1n) is 7.69. The van der Waals surface area contributed by atoms with E-state index in [4.69, 9.17) is 0 Å². The van der Waals surface area contributed by atoms with Crippen molar-refractivity contribution in [3.8, 4) is 0 Å². The third kappa shape index (κ3) is 13.1. The van der Waals surface area contributed by atoms with Gasteiger partial charge in [0, 0.05) is 6.08 Å². The third-order valence-electron chi connectivity index (χ3n) is 2.76. The minimum absolute atomic E-state index is 0.0110. The fourth-order valence-electron chi connectivity index (χ4n) is 1.43. The number of amides is 1. The molecule has 0 saturated heterocycles. The van der Waals surface area contributed by atoms with E-state index < -0.39 is 6.23 Å². The average molecular weight is 291 g/mol. The van der Waals surface area contributed by atoms with Crippen molar-refractivity contribution in [2.24, 2.45) is 5.92 Å². The van der Waals surface area contributed by atoms with Crippen LogP contribution < -0.4 is 5.32 Å². The molecule has 0 bridgehead atoms. The fraction of sp³-hybridized carbons (Fsp3) is 0.500. The standard InChI is InChI=1S/C18H29NO2/c1-4-5-6-7-8-9-10-11-12-13-14-15-17(20)19-18(21)16(2)3/h5-6,8-9,12-16,18,21H,4,7,10-11H2,1-3H3,(H,19,20)/b6-5+,9-8-,13-12+,15-14+/t18-/m1/s1. The maximum atomic E-state index is 11.4. The second-order valence-electron chi connectivity index (χ2n) is 5.15. The predicted molar refractivity (Wildman–Crippen MR) is 89.7 cm³/mol. The van der Waals surface area contributed by atoms with E-state index in [0.29, 0.717) is 0 Å². The van der Waals surface area contributed by atoms with Crippen LogP contribution in [0.4, 0.5) is 0 Å². The van der Waals surface area contributed by atoms with Crippen LogP contribution in [0.2, 0.25) is 0 Å². The molecule has 0 saturated carbocycles. The number of aliphatic hydroxyl groups is 1. The first-order chi connectivity index (χ1) is 10.1. The number of nitrogens with one attached hydrogen (secondary N) is 1. The lowest BCUT2D eigenvalue weighted by Crippen LogP contribution is -2.37. The number of unbranched alkanes of at least 4 members (excludes halogenated alkanes) is 1. The molecule has 0 aromatic heterocycles. The van der Waals surface area contributed by atoms with Crippen molar-refractivity contribution in [3.05, 3.63) is 48.6 Å². The van der Waals surface area contributed by atoms with Gasteiger partial charge in [0.25, 0.3) is 0 Å². The lowest BCUT2D eigenvalue weighted by molar-refractivity contribution is -0.120. The molecule has 1 atom stereocenters. The Kier molecular flexibility index (Phi) is 12.4. The predicted octanol–water partition coefficient (Wildman–Crippen LogP) is 3.88. The van der Waals surface area contributed by atoms with Gasteiger partial charge in [-0.05, 0) is 31.6 Å². The topological polar surface area (TPSA) is 49.3 Å². The van der Waals surface area contributed by atoms with E-state index >= 15 is 0 Å². The minimum atomic E-state index is -0.793. The number of aliphatic hydroxyl groups excluding tert-OH is 1. The van der Waals surface area contributed by atoms with Crippen molar-refractivity contribution in [3.63, 3.8) is 0 Å². The first-order valence-corrected chi connectivity index (χ1v) is 7.69. The quantitative estimate of drug-likeness (QED) is 0.211. The highest BCUT2D eigenvalue weighted by molar-refractivity contribution is 5.87. The SMILES string of the molecule is CC/C=C/C/C=C\CC/C=C/C=C/C(=O)N[C@H](O)C(C)C. The summed E-state index contributed by atoms with van der Waals surface area (Å²) in [6.07, 6.45) is 18.9. The largest absolute Gasteiger partial charge is 0.373 e. The molecule has 0 unspecified atom stereocenters. The molecule has 3 nitrogen and oxygen atoms in total. The Labute approximate surface area is 129 Å². The highest BCUT2D eigenvalue weighted by Gasteiger charge is 2.09. The van der Waals surface area contributed by atoms with Gasteiger partial charge in [-0.1, -0.05) is 63.3 Å². The highest BCUT2D eigenvalue weighted by atomic mass is 16.3. The summed E-state index contributed by atoms with van der Waals surface area (Å²) in [5, 5.41) is 12.0. The van der Waals surface area contributed by atoms with E-state index in [0.717, 1.165) is 25.7 Å². The summed E-state index contributed by atoms with van der Waals surface area (Å²) in [6, 6.07) is 0. The Morgan fingerprint density at radius 3 is 2.38 bits per heavy atom. The molecule has 2 N–H and O–H groups in total. The Bertz CT molecular complexity index is 379. The van der Waals surface area contributed by atoms with Crippen LogP contribution in [0.5, 0.6) is 0 Å². The van der Waals surface area contributed by atoms with E-state index in [-0.39, 0.29) is 11.8 Å². The van der Waals surface area contributed by atoms with Crippen LogP contribution in [0, 0.1) is 5.92 Å². The zero-order chi connectivity index (χ0) is 15.9. The smallest absolute Gasteiger partial charge is 0.245 e. The molecule has 0 radical (unpaired) electrons. The van der Waals surface area contributed by atoms with Gasteiger partial charge in [-0.25, -0.2) is 0 Å². The van der Waals surface area contributed by atoms with Gasteiger partial charge in [-0.3, -0.25) is 4.79 Å². The van der Waals surface area contributed by atoms with E-state index in [9.17, 15) is 9.90 Å². The fourth-order valence-corrected chi connectivity index (χ4v) is 1.43. The average Bonchev–Trinajstić information content (AvgIpc) is 2.44. The lowest BCUT2D eigenvalue weighted by atomic mass is 10.2. The van der Waals surface area contributed by atoms with Crippen molar-refractivity contribution in [2.75, 3.05) is 0 Å². The summed E-state index contributed by atoms with van der Waals surface area (Å²) in [7, 11) is 0. The van der Waals surface area contributed by atoms with Crippen LogP contribution in [-0.2, 0) is 4.79 Å². The molecule has 0 aliphatic carbocycles. The number of carbonyl (C=O) groups is 1. The summed E-state index contributed by atoms with van der Waals surface area (Å²) in [6.45, 7) is 5.82. The second kappa shape index (κ2) is 13.4. The van der Waals surface area contributed by atoms with Gasteiger partial charge >= 0.3 is 0 Å². The molecule has 0 aromatic carbocycles. The van der Waals surface area contributed by atoms with Gasteiger partial charge in [0.1, 0.15) is 6.23 Å². The van der Waals surface area contributed by atoms with E-state index in [1.807, 2.05) is 26.0 Å². The molecule has 0 aliphatic heterocycles. The molecule has 0 aliphatic rings. The second-order valence-corrected chi connectivity index (χ2v) is 5.15. The van der Waals surface area contributed by atoms with Gasteiger partial charge in [0.15, 0.2) is 0 Å². The summed E-state index contributed by atoms with van der Waals surface area (Å²) in [5.74, 6) is -0.264. The monoisotopic (exact) mass is 291 g/mol. The van der Waals surface area contributed by atoms with Gasteiger partial charge in [-0.2, -0.15) is 0 Å². The molecule has 21 heavy (non-hydrogen) atoms. The maximum Gasteiger partial charge on any atom is 0.245 e. The zero-order valence-electron chi connectivity index (χ0n) is 13.5. The number of carbonyl (C=O) groups excluding carboxylic acids is 1. The van der Waals surface area contributed by atoms with E-state index in [2.05, 4.69) is 36.5 Å². The van der Waals surface area contributed by atoms with Gasteiger partial charge in [-0.15, -0.1) is 0 Å². The minimum Gasteiger partial charge on any atom is -0.373 e. The number of hydrogen-bond donors (Lipinski definition) is 2. The summed E-state index contributed by atoms with van der Waals surface area (Å²) in [5.41, 5.74) is 0. The number of allylic oxidation sites excluding steroid dienone is 7. The highest BCUT2D eigenvalue weighted by Crippen LogP contribution is 1.98. The van der Waals surface area contributed by atoms with Crippen LogP contribution in [0.25, 0.3) is 0 Å². The number of hydrogen-bond acceptors (Lipinski definition) is 2. The number of rotatable bonds is 10. The normalized spacial score (nSPS) is 14.1. The summed E-state index contributed by atoms with van der Waals surface area (Å²) >= 11 is 0. The maximum absolute atomic E-state index is 11.4. The Morgan fingerprint density at radius 2 is 1.71 bits per heavy atom. The Balaban J connectivity index is 3.73. The summed E-state index contributed by atoms with van der Waals surface area (Å²) in [4.78, 5) is 11.4. The molecule has 1 amide bonds. The van der Waals surface area contributed by atoms with Crippen molar-refractivity contribution < 1.29 is 9.90 Å². The molecule has 0 spiro atoms. The van der Waals surface area contributed by atoms with Crippen LogP contribution >= 0.6 is 0 Å². The molecule has 0 heterocycles. The van der Waals surface area contributed by atoms with Crippen molar-refractivity contribution in [1.82, 2.24) is 5.32 Å². The lowest BCUT2D eigenvalue weighted by Gasteiger charge is -2.14. The van der Waals surface area contributed by atoms with Crippen LogP contribution in [0.3, 0.4) is 0 Å². The molecule has 0 rings (SSSR count). The van der Waals surface area contributed by atoms with Crippen molar-refractivity contribution in [1.29, 1.82) is 0 Å². The molecule has 118 valence electrons. The van der Waals surface area contributed by atoms with E-state index in [1.165, 1.54) is 6.08 Å². The van der Waals surface area contributed by atoms with Gasteiger partial charge in [0.05, 0.1) is 0 Å². The molecule has 3 heteroatoms. The molecular formula is C18H29NO2. The molecular weight excluding hydrogens is 262 g/mol. The van der Waals surface area contributed by atoms with Gasteiger partial charge in [0.2, 0.25) is 5.91 Å². The summed E-state index contributed by atoms with van der Waals surface area (Å²) < 4.78 is 0. The van der Waals surface area contributed by atoms with Crippen LogP contribution in [0.15, 0.2) is 48.6 Å². The Morgan fingerprint density at radius 1 is 1.05 bits per heavy atom. The van der Waals surface area contributed by atoms with E-state index in [1.54, 1.807) is 6.08 Å².